The highest BCUT2D eigenvalue weighted by molar-refractivity contribution is 5.74. The number of anilines is 1. The number of aliphatic hydroxyl groups excluding tert-OH is 3. The van der Waals surface area contributed by atoms with E-state index in [4.69, 9.17) is 4.74 Å². The van der Waals surface area contributed by atoms with E-state index in [0.29, 0.717) is 19.0 Å². The number of aromatic nitrogens is 4. The van der Waals surface area contributed by atoms with Crippen molar-refractivity contribution in [3.05, 3.63) is 16.7 Å². The summed E-state index contributed by atoms with van der Waals surface area (Å²) in [6, 6.07) is 0. The molecule has 11 nitrogen and oxygen atoms in total. The Morgan fingerprint density at radius 2 is 2.00 bits per heavy atom. The smallest absolute Gasteiger partial charge is 0.278 e. The van der Waals surface area contributed by atoms with Crippen LogP contribution in [0.2, 0.25) is 0 Å². The average molecular weight is 366 g/mol. The van der Waals surface area contributed by atoms with E-state index < -0.39 is 36.7 Å². The van der Waals surface area contributed by atoms with Crippen LogP contribution in [0.5, 0.6) is 0 Å². The van der Waals surface area contributed by atoms with E-state index in [1.54, 1.807) is 4.57 Å². The number of nitrogens with one attached hydrogen (secondary N) is 1. The number of nitrogens with zero attached hydrogens (tertiary/aromatic N) is 5. The van der Waals surface area contributed by atoms with Gasteiger partial charge in [-0.15, -0.1) is 0 Å². The average Bonchev–Trinajstić information content (AvgIpc) is 3.15. The van der Waals surface area contributed by atoms with Crippen LogP contribution in [0.3, 0.4) is 0 Å². The largest absolute Gasteiger partial charge is 0.394 e. The van der Waals surface area contributed by atoms with Crippen molar-refractivity contribution in [2.24, 2.45) is 0 Å². The molecule has 0 bridgehead atoms. The number of imidazole rings is 1. The van der Waals surface area contributed by atoms with Gasteiger partial charge in [0, 0.05) is 26.2 Å². The third-order valence-corrected chi connectivity index (χ3v) is 5.02. The molecule has 142 valence electrons. The van der Waals surface area contributed by atoms with Crippen LogP contribution in [-0.4, -0.2) is 97.9 Å². The van der Waals surface area contributed by atoms with Gasteiger partial charge >= 0.3 is 0 Å². The van der Waals surface area contributed by atoms with E-state index in [1.165, 1.54) is 6.33 Å². The summed E-state index contributed by atoms with van der Waals surface area (Å²) in [5.74, 6) is 0.451. The van der Waals surface area contributed by atoms with E-state index in [2.05, 4.69) is 19.9 Å². The maximum Gasteiger partial charge on any atom is 0.278 e. The van der Waals surface area contributed by atoms with Gasteiger partial charge in [0.15, 0.2) is 17.4 Å². The Morgan fingerprint density at radius 1 is 1.27 bits per heavy atom. The molecule has 4 rings (SSSR count). The first-order chi connectivity index (χ1) is 12.5. The fraction of sp³-hybridized carbons (Fsp3) is 0.667. The van der Waals surface area contributed by atoms with Crippen molar-refractivity contribution < 1.29 is 20.1 Å². The molecule has 4 heterocycles. The fourth-order valence-electron chi connectivity index (χ4n) is 3.47. The summed E-state index contributed by atoms with van der Waals surface area (Å²) in [7, 11) is 2.03. The summed E-state index contributed by atoms with van der Waals surface area (Å²) in [5.41, 5.74) is 0.00700. The molecule has 0 amide bonds. The maximum atomic E-state index is 12.2. The Balaban J connectivity index is 1.83. The molecular weight excluding hydrogens is 344 g/mol. The van der Waals surface area contributed by atoms with E-state index in [0.717, 1.165) is 13.1 Å². The zero-order valence-electron chi connectivity index (χ0n) is 14.3. The lowest BCUT2D eigenvalue weighted by Crippen LogP contribution is -2.46. The second-order valence-electron chi connectivity index (χ2n) is 6.70. The lowest BCUT2D eigenvalue weighted by atomic mass is 10.1. The molecule has 2 aliphatic heterocycles. The number of fused-ring (bicyclic) bond motifs is 1. The molecule has 2 saturated heterocycles. The molecule has 0 radical (unpaired) electrons. The van der Waals surface area contributed by atoms with Crippen molar-refractivity contribution in [1.82, 2.24) is 24.4 Å². The van der Waals surface area contributed by atoms with Crippen LogP contribution < -0.4 is 10.5 Å². The Bertz CT molecular complexity index is 845. The predicted octanol–water partition coefficient (Wildman–Crippen LogP) is -2.52. The SMILES string of the molecule is CN1CCN(c2nc3c(=O)[nH]cnc3n2[C@@H]2O[C@H](CO)[C@H](O)[C@@H]2O)CC1. The highest BCUT2D eigenvalue weighted by Crippen LogP contribution is 2.35. The van der Waals surface area contributed by atoms with Crippen LogP contribution in [0.25, 0.3) is 11.2 Å². The molecule has 0 unspecified atom stereocenters. The number of aromatic amines is 1. The highest BCUT2D eigenvalue weighted by Gasteiger charge is 2.45. The molecule has 0 saturated carbocycles. The number of hydrogen-bond donors (Lipinski definition) is 4. The number of H-pyrrole nitrogens is 1. The van der Waals surface area contributed by atoms with Gasteiger partial charge in [0.2, 0.25) is 5.95 Å². The highest BCUT2D eigenvalue weighted by atomic mass is 16.6. The molecule has 0 aromatic carbocycles. The standard InChI is InChI=1S/C15H22N6O5/c1-19-2-4-20(5-3-19)15-18-9-12(16-7-17-13(9)25)21(15)14-11(24)10(23)8(6-22)26-14/h7-8,10-11,14,22-24H,2-6H2,1H3,(H,16,17,25)/t8-,10+,11+,14-/m1/s1. The topological polar surface area (TPSA) is 140 Å². The number of likely N-dealkylation sites (N-methyl/N-ethyl adjacent to an activating group) is 1. The minimum absolute atomic E-state index is 0.138. The van der Waals surface area contributed by atoms with Gasteiger partial charge in [-0.05, 0) is 7.05 Å². The minimum Gasteiger partial charge on any atom is -0.394 e. The van der Waals surface area contributed by atoms with Gasteiger partial charge in [-0.2, -0.15) is 0 Å². The Kier molecular flexibility index (Phi) is 4.40. The second kappa shape index (κ2) is 6.59. The first-order valence-corrected chi connectivity index (χ1v) is 8.53. The van der Waals surface area contributed by atoms with Crippen molar-refractivity contribution in [1.29, 1.82) is 0 Å². The molecule has 2 aromatic heterocycles. The summed E-state index contributed by atoms with van der Waals surface area (Å²) in [5, 5.41) is 29.9. The molecule has 26 heavy (non-hydrogen) atoms. The van der Waals surface area contributed by atoms with Gasteiger partial charge < -0.3 is 34.8 Å². The maximum absolute atomic E-state index is 12.2. The van der Waals surface area contributed by atoms with E-state index in [1.807, 2.05) is 11.9 Å². The van der Waals surface area contributed by atoms with Crippen molar-refractivity contribution in [2.75, 3.05) is 44.7 Å². The van der Waals surface area contributed by atoms with Gasteiger partial charge in [-0.25, -0.2) is 9.97 Å². The van der Waals surface area contributed by atoms with Gasteiger partial charge in [0.25, 0.3) is 5.56 Å². The first kappa shape index (κ1) is 17.4. The summed E-state index contributed by atoms with van der Waals surface area (Å²) in [6.45, 7) is 2.59. The summed E-state index contributed by atoms with van der Waals surface area (Å²) >= 11 is 0. The van der Waals surface area contributed by atoms with Crippen LogP contribution in [0.15, 0.2) is 11.1 Å². The summed E-state index contributed by atoms with van der Waals surface area (Å²) in [4.78, 5) is 27.5. The first-order valence-electron chi connectivity index (χ1n) is 8.53. The van der Waals surface area contributed by atoms with Gasteiger partial charge in [0.05, 0.1) is 12.9 Å². The number of piperazine rings is 1. The van der Waals surface area contributed by atoms with Crippen LogP contribution in [0.1, 0.15) is 6.23 Å². The quantitative estimate of drug-likeness (QED) is 0.463. The van der Waals surface area contributed by atoms with E-state index in [-0.39, 0.29) is 11.2 Å². The molecule has 2 aromatic rings. The Labute approximate surface area is 148 Å². The van der Waals surface area contributed by atoms with Gasteiger partial charge in [0.1, 0.15) is 18.3 Å². The van der Waals surface area contributed by atoms with Crippen molar-refractivity contribution >= 4 is 17.1 Å². The summed E-state index contributed by atoms with van der Waals surface area (Å²) in [6.07, 6.45) is -3.19. The Hall–Kier alpha value is -2.05. The second-order valence-corrected chi connectivity index (χ2v) is 6.70. The molecule has 2 fully saturated rings. The third-order valence-electron chi connectivity index (χ3n) is 5.02. The molecule has 2 aliphatic rings. The number of aliphatic hydroxyl groups is 3. The molecular formula is C15H22N6O5. The van der Waals surface area contributed by atoms with Crippen molar-refractivity contribution in [3.63, 3.8) is 0 Å². The van der Waals surface area contributed by atoms with E-state index >= 15 is 0 Å². The monoisotopic (exact) mass is 366 g/mol. The molecule has 0 aliphatic carbocycles. The van der Waals surface area contributed by atoms with Crippen LogP contribution in [0.4, 0.5) is 5.95 Å². The zero-order chi connectivity index (χ0) is 18.4. The molecule has 11 heteroatoms. The molecule has 4 atom stereocenters. The fourth-order valence-corrected chi connectivity index (χ4v) is 3.47. The van der Waals surface area contributed by atoms with Crippen LogP contribution >= 0.6 is 0 Å². The molecule has 4 N–H and O–H groups in total. The van der Waals surface area contributed by atoms with Gasteiger partial charge in [-0.3, -0.25) is 9.36 Å². The van der Waals surface area contributed by atoms with Crippen LogP contribution in [0, 0.1) is 0 Å². The molecule has 0 spiro atoms. The lowest BCUT2D eigenvalue weighted by Gasteiger charge is -2.34. The number of ether oxygens (including phenoxy) is 1. The predicted molar refractivity (Wildman–Crippen MR) is 90.9 cm³/mol. The minimum atomic E-state index is -1.28. The third kappa shape index (κ3) is 2.68. The van der Waals surface area contributed by atoms with E-state index in [9.17, 15) is 20.1 Å². The van der Waals surface area contributed by atoms with Crippen LogP contribution in [-0.2, 0) is 4.74 Å². The zero-order valence-corrected chi connectivity index (χ0v) is 14.3. The van der Waals surface area contributed by atoms with Crippen molar-refractivity contribution in [3.8, 4) is 0 Å². The van der Waals surface area contributed by atoms with Crippen molar-refractivity contribution in [2.45, 2.75) is 24.5 Å². The number of hydrogen-bond acceptors (Lipinski definition) is 9. The number of rotatable bonds is 3. The normalized spacial score (nSPS) is 30.4. The lowest BCUT2D eigenvalue weighted by molar-refractivity contribution is -0.0505. The Morgan fingerprint density at radius 3 is 2.65 bits per heavy atom. The summed E-state index contributed by atoms with van der Waals surface area (Å²) < 4.78 is 7.20. The van der Waals surface area contributed by atoms with Gasteiger partial charge in [-0.1, -0.05) is 0 Å².